The summed E-state index contributed by atoms with van der Waals surface area (Å²) in [6, 6.07) is 0. The van der Waals surface area contributed by atoms with Crippen molar-refractivity contribution in [2.75, 3.05) is 0 Å². The number of hydrogen-bond donors (Lipinski definition) is 0. The molecule has 0 amide bonds. The van der Waals surface area contributed by atoms with Crippen LogP contribution in [0.2, 0.25) is 293 Å². The molecule has 5 unspecified atom stereocenters. The fourth-order valence-electron chi connectivity index (χ4n) is 12.1. The van der Waals surface area contributed by atoms with E-state index in [4.69, 9.17) is 28.8 Å². The third-order valence-corrected chi connectivity index (χ3v) is 83.8. The molecule has 0 aromatic carbocycles. The molecule has 0 bridgehead atoms. The Bertz CT molecular complexity index is 1590. The molecular weight excluding hydrogens is 1290 g/mol. The first-order chi connectivity index (χ1) is 36.2. The van der Waals surface area contributed by atoms with Gasteiger partial charge in [-0.05, 0) is 179 Å². The summed E-state index contributed by atoms with van der Waals surface area (Å²) in [6.45, 7) is 111. The maximum absolute atomic E-state index is 6.63. The van der Waals surface area contributed by atoms with Gasteiger partial charge in [0.2, 0.25) is 0 Å². The SMILES string of the molecule is CCC(C)[Si](C)(C)C[Si](C)(C)C.CCC(C)[Si](C)(C)O[Si](C)(C)O[Si](C)(C)C.CCC(C)[Si](C)(O[Si](C)(C)C)O[Si](C)(C)C.CCC(C)[Si](C[Si](C)(C)C)(C[Si](C)(C)C)C[Si](C)(C)C.CCC(C)[Si](O[Si](C)(C)C)(O[Si](C)(C)C)O[Si](C)(C)C. The summed E-state index contributed by atoms with van der Waals surface area (Å²) in [5.74, 6) is 0. The zero-order valence-corrected chi connectivity index (χ0v) is 83.1. The molecule has 0 saturated carbocycles. The lowest BCUT2D eigenvalue weighted by molar-refractivity contribution is 0.235. The van der Waals surface area contributed by atoms with Crippen molar-refractivity contribution < 1.29 is 28.8 Å². The summed E-state index contributed by atoms with van der Waals surface area (Å²) in [4.78, 5) is 0. The smallest absolute Gasteiger partial charge is 0.437 e. The van der Waals surface area contributed by atoms with Gasteiger partial charge in [0.1, 0.15) is 0 Å². The minimum atomic E-state index is -2.62. The molecule has 84 heavy (non-hydrogen) atoms. The first-order valence-corrected chi connectivity index (χ1v) is 85.4. The highest BCUT2D eigenvalue weighted by Crippen LogP contribution is 2.44. The molecule has 23 heteroatoms. The predicted octanol–water partition coefficient (Wildman–Crippen LogP) is 25.6. The molecule has 0 aliphatic carbocycles. The minimum absolute atomic E-state index is 0.368. The van der Waals surface area contributed by atoms with Crippen LogP contribution in [0.3, 0.4) is 0 Å². The van der Waals surface area contributed by atoms with Crippen LogP contribution in [0.15, 0.2) is 0 Å². The summed E-state index contributed by atoms with van der Waals surface area (Å²) < 4.78 is 45.5. The molecule has 0 aromatic heterocycles. The monoisotopic (exact) mass is 1460 g/mol. The largest absolute Gasteiger partial charge is 0.472 e. The van der Waals surface area contributed by atoms with E-state index in [1.807, 2.05) is 0 Å². The normalized spacial score (nSPS) is 16.3. The molecule has 7 nitrogen and oxygen atoms in total. The van der Waals surface area contributed by atoms with E-state index in [0.29, 0.717) is 16.6 Å². The summed E-state index contributed by atoms with van der Waals surface area (Å²) in [6.07, 6.45) is 6.20. The van der Waals surface area contributed by atoms with E-state index in [1.165, 1.54) is 19.3 Å². The highest BCUT2D eigenvalue weighted by atomic mass is 28.5. The average Bonchev–Trinajstić information content (AvgIpc) is 3.15. The first kappa shape index (κ1) is 95.9. The predicted molar refractivity (Wildman–Crippen MR) is 434 cm³/mol. The lowest BCUT2D eigenvalue weighted by Crippen LogP contribution is -2.62. The van der Waals surface area contributed by atoms with E-state index >= 15 is 0 Å². The molecule has 0 heterocycles. The van der Waals surface area contributed by atoms with Crippen LogP contribution >= 0.6 is 0 Å². The quantitative estimate of drug-likeness (QED) is 0.0622. The zero-order chi connectivity index (χ0) is 69.2. The minimum Gasteiger partial charge on any atom is -0.437 e. The fraction of sp³-hybridized carbons (Fsp3) is 1.00. The molecule has 514 valence electrons. The Morgan fingerprint density at radius 2 is 0.476 bits per heavy atom. The van der Waals surface area contributed by atoms with Gasteiger partial charge in [-0.2, -0.15) is 0 Å². The summed E-state index contributed by atoms with van der Waals surface area (Å²) in [5.41, 5.74) is 10.3. The van der Waals surface area contributed by atoms with Gasteiger partial charge in [-0.15, -0.1) is 0 Å². The van der Waals surface area contributed by atoms with Crippen LogP contribution in [-0.2, 0) is 28.8 Å². The van der Waals surface area contributed by atoms with E-state index in [0.717, 1.165) is 23.9 Å². The van der Waals surface area contributed by atoms with Crippen molar-refractivity contribution in [3.63, 3.8) is 0 Å². The molecule has 0 spiro atoms. The van der Waals surface area contributed by atoms with Crippen LogP contribution in [0.5, 0.6) is 0 Å². The van der Waals surface area contributed by atoms with Gasteiger partial charge in [0.05, 0.1) is 0 Å². The summed E-state index contributed by atoms with van der Waals surface area (Å²) in [7, 11) is -23.5. The van der Waals surface area contributed by atoms with Crippen molar-refractivity contribution in [1.29, 1.82) is 0 Å². The van der Waals surface area contributed by atoms with Crippen LogP contribution in [0, 0.1) is 0 Å². The van der Waals surface area contributed by atoms with Gasteiger partial charge in [-0.1, -0.05) is 209 Å². The summed E-state index contributed by atoms with van der Waals surface area (Å²) in [5, 5.41) is 0. The molecule has 0 aliphatic heterocycles. The van der Waals surface area contributed by atoms with Gasteiger partial charge < -0.3 is 28.8 Å². The van der Waals surface area contributed by atoms with Gasteiger partial charge >= 0.3 is 25.9 Å². The van der Waals surface area contributed by atoms with Gasteiger partial charge in [0, 0.05) is 54.0 Å². The maximum atomic E-state index is 6.63. The number of rotatable bonds is 32. The van der Waals surface area contributed by atoms with Crippen LogP contribution in [0.4, 0.5) is 0 Å². The van der Waals surface area contributed by atoms with Gasteiger partial charge in [-0.3, -0.25) is 0 Å². The second-order valence-corrected chi connectivity index (χ2v) is 117. The third kappa shape index (κ3) is 50.6. The van der Waals surface area contributed by atoms with Gasteiger partial charge in [0.25, 0.3) is 0 Å². The first-order valence-electron chi connectivity index (χ1n) is 34.1. The van der Waals surface area contributed by atoms with Crippen LogP contribution in [0.25, 0.3) is 0 Å². The Labute approximate surface area is 550 Å². The van der Waals surface area contributed by atoms with Crippen LogP contribution in [0.1, 0.15) is 101 Å². The molecule has 0 rings (SSSR count). The van der Waals surface area contributed by atoms with Crippen molar-refractivity contribution >= 4 is 133 Å². The maximum Gasteiger partial charge on any atom is 0.472 e. The van der Waals surface area contributed by atoms with E-state index in [2.05, 4.69) is 311 Å². The number of hydrogen-bond acceptors (Lipinski definition) is 7. The molecular formula is C61H164O7Si16. The second kappa shape index (κ2) is 36.9. The molecule has 0 aromatic rings. The molecule has 0 radical (unpaired) electrons. The van der Waals surface area contributed by atoms with E-state index in [-0.39, 0.29) is 0 Å². The van der Waals surface area contributed by atoms with Crippen molar-refractivity contribution in [2.24, 2.45) is 0 Å². The highest BCUT2D eigenvalue weighted by Gasteiger charge is 2.54. The molecule has 0 fully saturated rings. The van der Waals surface area contributed by atoms with E-state index in [9.17, 15) is 0 Å². The van der Waals surface area contributed by atoms with Crippen molar-refractivity contribution in [1.82, 2.24) is 0 Å². The molecule has 0 saturated heterocycles. The summed E-state index contributed by atoms with van der Waals surface area (Å²) >= 11 is 0. The Balaban J connectivity index is -0.000000313. The van der Waals surface area contributed by atoms with Gasteiger partial charge in [-0.25, -0.2) is 0 Å². The Morgan fingerprint density at radius 3 is 0.679 bits per heavy atom. The molecule has 0 N–H and O–H groups in total. The topological polar surface area (TPSA) is 64.6 Å². The lowest BCUT2D eigenvalue weighted by Gasteiger charge is -2.47. The average molecular weight is 1460 g/mol. The Kier molecular flexibility index (Phi) is 42.1. The van der Waals surface area contributed by atoms with Crippen molar-refractivity contribution in [2.45, 2.75) is 394 Å². The van der Waals surface area contributed by atoms with Crippen LogP contribution < -0.4 is 0 Å². The third-order valence-electron chi connectivity index (χ3n) is 15.2. The van der Waals surface area contributed by atoms with Crippen LogP contribution in [-0.4, -0.2) is 133 Å². The van der Waals surface area contributed by atoms with E-state index in [1.54, 1.807) is 22.7 Å². The molecule has 5 atom stereocenters. The fourth-order valence-corrected chi connectivity index (χ4v) is 101. The van der Waals surface area contributed by atoms with Crippen molar-refractivity contribution in [3.8, 4) is 0 Å². The lowest BCUT2D eigenvalue weighted by atomic mass is 10.4. The second-order valence-electron chi connectivity index (χ2n) is 38.9. The van der Waals surface area contributed by atoms with Crippen molar-refractivity contribution in [3.05, 3.63) is 0 Å². The zero-order valence-electron chi connectivity index (χ0n) is 67.1. The standard InChI is InChI=1S/C16H42Si4.C13H36O3Si4.2C11H30O2Si3.C10H26Si2/c1-12-16(2)20(13-17(3,4)5,14-18(6,7)8)15-19(9,10)11;1-12-13(2)20(14-17(3,4)5,15-18(6,7)8)16-19(9,10)11;1-10-11(2)15(6,7)13-16(8,9)12-14(3,4)5;1-10-11(2)16(9,12-14(3,4)5)13-15(6,7)8;1-8-10(2)12(6,7)9-11(3,4)5/h16H,12-15H2,1-11H3;13H,12H2,1-11H3;2*11H,10H2,1-9H3;10H,8-9H2,1-7H3. The van der Waals surface area contributed by atoms with Gasteiger partial charge in [0.15, 0.2) is 58.2 Å². The Hall–Kier alpha value is 3.19. The Morgan fingerprint density at radius 1 is 0.238 bits per heavy atom. The molecule has 0 aliphatic rings. The highest BCUT2D eigenvalue weighted by molar-refractivity contribution is 7.09. The van der Waals surface area contributed by atoms with E-state index < -0.39 is 133 Å².